The summed E-state index contributed by atoms with van der Waals surface area (Å²) in [5, 5.41) is 6.55. The zero-order valence-electron chi connectivity index (χ0n) is 18.4. The predicted molar refractivity (Wildman–Crippen MR) is 120 cm³/mol. The number of rotatable bonds is 6. The van der Waals surface area contributed by atoms with Gasteiger partial charge in [0, 0.05) is 24.2 Å². The Morgan fingerprint density at radius 2 is 1.91 bits per heavy atom. The summed E-state index contributed by atoms with van der Waals surface area (Å²) >= 11 is 5.90. The molecule has 1 saturated carbocycles. The van der Waals surface area contributed by atoms with E-state index in [1.54, 1.807) is 28.5 Å². The van der Waals surface area contributed by atoms with Crippen LogP contribution in [-0.2, 0) is 17.9 Å². The first-order chi connectivity index (χ1) is 15.3. The number of amides is 3. The summed E-state index contributed by atoms with van der Waals surface area (Å²) in [4.78, 5) is 45.2. The van der Waals surface area contributed by atoms with E-state index in [0.717, 1.165) is 31.2 Å². The van der Waals surface area contributed by atoms with Gasteiger partial charge < -0.3 is 20.1 Å². The molecule has 2 aromatic rings. The molecule has 1 atom stereocenters. The molecule has 8 nitrogen and oxygen atoms in total. The minimum atomic E-state index is -1.04. The largest absolute Gasteiger partial charge is 0.351 e. The summed E-state index contributed by atoms with van der Waals surface area (Å²) in [5.74, 6) is -0.957. The monoisotopic (exact) mass is 457 g/mol. The molecule has 1 aliphatic heterocycles. The van der Waals surface area contributed by atoms with Crippen molar-refractivity contribution in [2.24, 2.45) is 0 Å². The molecule has 3 amide bonds. The van der Waals surface area contributed by atoms with E-state index in [4.69, 9.17) is 11.6 Å². The van der Waals surface area contributed by atoms with Gasteiger partial charge in [-0.1, -0.05) is 36.6 Å². The van der Waals surface area contributed by atoms with E-state index in [0.29, 0.717) is 11.6 Å². The van der Waals surface area contributed by atoms with E-state index in [1.807, 2.05) is 19.1 Å². The first-order valence-corrected chi connectivity index (χ1v) is 11.4. The van der Waals surface area contributed by atoms with Crippen LogP contribution in [0.2, 0.25) is 5.02 Å². The first-order valence-electron chi connectivity index (χ1n) is 11.0. The molecule has 9 heteroatoms. The van der Waals surface area contributed by atoms with E-state index in [9.17, 15) is 14.4 Å². The second kappa shape index (κ2) is 8.94. The second-order valence-electron chi connectivity index (χ2n) is 8.66. The van der Waals surface area contributed by atoms with E-state index < -0.39 is 11.4 Å². The quantitative estimate of drug-likeness (QED) is 0.697. The zero-order valence-corrected chi connectivity index (χ0v) is 19.1. The van der Waals surface area contributed by atoms with Gasteiger partial charge in [-0.2, -0.15) is 0 Å². The molecular weight excluding hydrogens is 430 g/mol. The van der Waals surface area contributed by atoms with Crippen LogP contribution in [0.4, 0.5) is 0 Å². The number of fused-ring (bicyclic) bond motifs is 1. The van der Waals surface area contributed by atoms with Gasteiger partial charge in [0.15, 0.2) is 5.69 Å². The number of nitrogens with one attached hydrogen (secondary N) is 2. The van der Waals surface area contributed by atoms with Crippen molar-refractivity contribution in [3.63, 3.8) is 0 Å². The third-order valence-corrected chi connectivity index (χ3v) is 6.69. The Balaban J connectivity index is 1.53. The highest BCUT2D eigenvalue weighted by molar-refractivity contribution is 6.30. The number of hydrogen-bond donors (Lipinski definition) is 2. The Morgan fingerprint density at radius 3 is 2.56 bits per heavy atom. The summed E-state index contributed by atoms with van der Waals surface area (Å²) < 4.78 is 1.62. The number of benzene rings is 1. The molecule has 32 heavy (non-hydrogen) atoms. The van der Waals surface area contributed by atoms with Gasteiger partial charge in [-0.05, 0) is 44.4 Å². The van der Waals surface area contributed by atoms with Gasteiger partial charge in [0.25, 0.3) is 11.8 Å². The SMILES string of the molecule is CCN1C(=O)c2c(C(=O)NCc3ccc(Cl)cc3)ncn2C[C@@]1(C)C(=O)NC1CCCC1. The fourth-order valence-electron chi connectivity index (χ4n) is 4.63. The van der Waals surface area contributed by atoms with Crippen LogP contribution in [0.25, 0.3) is 0 Å². The molecule has 0 bridgehead atoms. The minimum Gasteiger partial charge on any atom is -0.351 e. The number of likely N-dealkylation sites (N-methyl/N-ethyl adjacent to an activating group) is 1. The van der Waals surface area contributed by atoms with Crippen molar-refractivity contribution in [2.45, 2.75) is 64.2 Å². The smallest absolute Gasteiger partial charge is 0.273 e. The molecule has 1 aromatic carbocycles. The van der Waals surface area contributed by atoms with Crippen LogP contribution in [0.15, 0.2) is 30.6 Å². The Kier molecular flexibility index (Phi) is 6.24. The molecule has 0 radical (unpaired) electrons. The van der Waals surface area contributed by atoms with Crippen molar-refractivity contribution in [3.8, 4) is 0 Å². The maximum absolute atomic E-state index is 13.4. The van der Waals surface area contributed by atoms with Crippen LogP contribution in [0.1, 0.15) is 66.1 Å². The molecule has 2 aliphatic rings. The molecule has 1 aromatic heterocycles. The van der Waals surface area contributed by atoms with Gasteiger partial charge in [0.1, 0.15) is 11.2 Å². The molecule has 0 spiro atoms. The van der Waals surface area contributed by atoms with Crippen LogP contribution in [-0.4, -0.2) is 50.3 Å². The van der Waals surface area contributed by atoms with Crippen LogP contribution in [0.3, 0.4) is 0 Å². The lowest BCUT2D eigenvalue weighted by atomic mass is 9.94. The maximum atomic E-state index is 13.4. The van der Waals surface area contributed by atoms with Gasteiger partial charge in [-0.25, -0.2) is 4.98 Å². The second-order valence-corrected chi connectivity index (χ2v) is 9.09. The molecule has 2 heterocycles. The third kappa shape index (κ3) is 4.11. The molecule has 0 saturated heterocycles. The van der Waals surface area contributed by atoms with Crippen LogP contribution >= 0.6 is 11.6 Å². The van der Waals surface area contributed by atoms with Crippen molar-refractivity contribution < 1.29 is 14.4 Å². The Morgan fingerprint density at radius 1 is 1.22 bits per heavy atom. The normalized spacial score (nSPS) is 20.8. The Labute approximate surface area is 192 Å². The van der Waals surface area contributed by atoms with Crippen LogP contribution in [0, 0.1) is 0 Å². The highest BCUT2D eigenvalue weighted by Gasteiger charge is 2.48. The zero-order chi connectivity index (χ0) is 22.9. The summed E-state index contributed by atoms with van der Waals surface area (Å²) in [6.45, 7) is 4.51. The maximum Gasteiger partial charge on any atom is 0.273 e. The lowest BCUT2D eigenvalue weighted by Gasteiger charge is -2.43. The molecule has 170 valence electrons. The average Bonchev–Trinajstić information content (AvgIpc) is 3.43. The van der Waals surface area contributed by atoms with Gasteiger partial charge >= 0.3 is 0 Å². The van der Waals surface area contributed by atoms with Crippen LogP contribution < -0.4 is 10.6 Å². The number of halogens is 1. The fourth-order valence-corrected chi connectivity index (χ4v) is 4.75. The van der Waals surface area contributed by atoms with E-state index in [-0.39, 0.29) is 42.3 Å². The standard InChI is InChI=1S/C23H28ClN5O3/c1-3-29-21(31)19-18(20(30)25-12-15-8-10-16(24)11-9-15)26-14-28(19)13-23(29,2)22(32)27-17-6-4-5-7-17/h8-11,14,17H,3-7,12-13H2,1-2H3,(H,25,30)(H,27,32)/t23-/m0/s1. The predicted octanol–water partition coefficient (Wildman–Crippen LogP) is 2.76. The van der Waals surface area contributed by atoms with Crippen LogP contribution in [0.5, 0.6) is 0 Å². The molecule has 0 unspecified atom stereocenters. The Bertz CT molecular complexity index is 1030. The van der Waals surface area contributed by atoms with Crippen molar-refractivity contribution in [3.05, 3.63) is 52.6 Å². The summed E-state index contributed by atoms with van der Waals surface area (Å²) in [7, 11) is 0. The number of nitrogens with zero attached hydrogens (tertiary/aromatic N) is 3. The number of imidazole rings is 1. The summed E-state index contributed by atoms with van der Waals surface area (Å²) in [5.41, 5.74) is 0.125. The average molecular weight is 458 g/mol. The molecule has 1 aliphatic carbocycles. The fraction of sp³-hybridized carbons (Fsp3) is 0.478. The van der Waals surface area contributed by atoms with Gasteiger partial charge in [0.2, 0.25) is 5.91 Å². The number of carbonyl (C=O) groups is 3. The van der Waals surface area contributed by atoms with E-state index in [2.05, 4.69) is 15.6 Å². The molecular formula is C23H28ClN5O3. The highest BCUT2D eigenvalue weighted by atomic mass is 35.5. The molecule has 1 fully saturated rings. The van der Waals surface area contributed by atoms with Crippen molar-refractivity contribution in [2.75, 3.05) is 6.54 Å². The lowest BCUT2D eigenvalue weighted by molar-refractivity contribution is -0.133. The van der Waals surface area contributed by atoms with Crippen molar-refractivity contribution >= 4 is 29.3 Å². The molecule has 4 rings (SSSR count). The summed E-state index contributed by atoms with van der Waals surface area (Å²) in [6.07, 6.45) is 5.63. The number of carbonyl (C=O) groups excluding carboxylic acids is 3. The van der Waals surface area contributed by atoms with Crippen molar-refractivity contribution in [1.82, 2.24) is 25.1 Å². The number of aromatic nitrogens is 2. The minimum absolute atomic E-state index is 0.0701. The Hall–Kier alpha value is -2.87. The van der Waals surface area contributed by atoms with Gasteiger partial charge in [-0.15, -0.1) is 0 Å². The third-order valence-electron chi connectivity index (χ3n) is 6.44. The molecule has 2 N–H and O–H groups in total. The topological polar surface area (TPSA) is 96.3 Å². The van der Waals surface area contributed by atoms with Gasteiger partial charge in [0.05, 0.1) is 12.9 Å². The van der Waals surface area contributed by atoms with E-state index in [1.165, 1.54) is 6.33 Å². The van der Waals surface area contributed by atoms with E-state index >= 15 is 0 Å². The van der Waals surface area contributed by atoms with Crippen molar-refractivity contribution in [1.29, 1.82) is 0 Å². The van der Waals surface area contributed by atoms with Gasteiger partial charge in [-0.3, -0.25) is 14.4 Å². The first kappa shape index (κ1) is 22.3. The highest BCUT2D eigenvalue weighted by Crippen LogP contribution is 2.29. The lowest BCUT2D eigenvalue weighted by Crippen LogP contribution is -2.64. The summed E-state index contributed by atoms with van der Waals surface area (Å²) in [6, 6.07) is 7.31. The number of hydrogen-bond acceptors (Lipinski definition) is 4.